The summed E-state index contributed by atoms with van der Waals surface area (Å²) in [6.07, 6.45) is 3.79. The third-order valence-electron chi connectivity index (χ3n) is 5.93. The molecule has 5 rings (SSSR count). The molecule has 3 aromatic rings. The normalized spacial score (nSPS) is 18.1. The second kappa shape index (κ2) is 6.87. The Morgan fingerprint density at radius 2 is 1.77 bits per heavy atom. The van der Waals surface area contributed by atoms with Crippen molar-refractivity contribution in [2.75, 3.05) is 22.9 Å². The molecule has 1 aliphatic heterocycles. The smallest absolute Gasteiger partial charge is 0.293 e. The molecule has 2 N–H and O–H groups in total. The van der Waals surface area contributed by atoms with Gasteiger partial charge in [-0.15, -0.1) is 0 Å². The first-order valence-electron chi connectivity index (χ1n) is 9.85. The molecule has 0 bridgehead atoms. The van der Waals surface area contributed by atoms with Crippen molar-refractivity contribution in [2.24, 2.45) is 17.6 Å². The number of nitrogens with zero attached hydrogens (tertiary/aromatic N) is 5. The Hall–Kier alpha value is -2.76. The van der Waals surface area contributed by atoms with Gasteiger partial charge in [0.1, 0.15) is 0 Å². The third-order valence-corrected chi connectivity index (χ3v) is 8.67. The molecule has 1 aromatic carbocycles. The number of urea groups is 1. The summed E-state index contributed by atoms with van der Waals surface area (Å²) in [5.41, 5.74) is 3.13. The first kappa shape index (κ1) is 20.2. The highest BCUT2D eigenvalue weighted by molar-refractivity contribution is 7.91. The van der Waals surface area contributed by atoms with E-state index in [-0.39, 0.29) is 15.7 Å². The highest BCUT2D eigenvalue weighted by Crippen LogP contribution is 2.51. The number of nitrogens with two attached hydrogens (primary N) is 1. The summed E-state index contributed by atoms with van der Waals surface area (Å²) in [6.45, 7) is 2.77. The molecule has 162 valence electrons. The van der Waals surface area contributed by atoms with E-state index < -0.39 is 10.0 Å². The monoisotopic (exact) mass is 458 g/mol. The Kier molecular flexibility index (Phi) is 4.47. The third kappa shape index (κ3) is 3.52. The predicted octanol–water partition coefficient (Wildman–Crippen LogP) is 2.73. The van der Waals surface area contributed by atoms with Crippen molar-refractivity contribution in [3.05, 3.63) is 42.2 Å². The maximum atomic E-state index is 13.4. The van der Waals surface area contributed by atoms with Crippen LogP contribution in [0, 0.1) is 12.3 Å². The summed E-state index contributed by atoms with van der Waals surface area (Å²) < 4.78 is 25.5. The van der Waals surface area contributed by atoms with Crippen LogP contribution in [0.4, 0.5) is 15.6 Å². The number of thiazole rings is 1. The van der Waals surface area contributed by atoms with Gasteiger partial charge >= 0.3 is 6.03 Å². The fraction of sp³-hybridized carbons (Fsp3) is 0.350. The van der Waals surface area contributed by atoms with Gasteiger partial charge in [-0.05, 0) is 43.5 Å². The van der Waals surface area contributed by atoms with Crippen molar-refractivity contribution >= 4 is 38.2 Å². The van der Waals surface area contributed by atoms with Gasteiger partial charge in [0.15, 0.2) is 9.34 Å². The minimum atomic E-state index is -3.88. The lowest BCUT2D eigenvalue weighted by molar-refractivity contribution is 0.243. The van der Waals surface area contributed by atoms with E-state index in [9.17, 15) is 13.2 Å². The van der Waals surface area contributed by atoms with Gasteiger partial charge in [0.05, 0.1) is 11.4 Å². The van der Waals surface area contributed by atoms with Gasteiger partial charge in [-0.3, -0.25) is 14.5 Å². The lowest BCUT2D eigenvalue weighted by Crippen LogP contribution is -2.55. The van der Waals surface area contributed by atoms with Crippen LogP contribution in [-0.2, 0) is 17.1 Å². The van der Waals surface area contributed by atoms with Gasteiger partial charge in [-0.25, -0.2) is 23.3 Å². The molecule has 1 spiro atoms. The number of anilines is 2. The molecule has 2 fully saturated rings. The van der Waals surface area contributed by atoms with Crippen molar-refractivity contribution in [3.63, 3.8) is 0 Å². The number of amides is 2. The molecule has 1 aliphatic carbocycles. The topological polar surface area (TPSA) is 114 Å². The van der Waals surface area contributed by atoms with Gasteiger partial charge in [-0.1, -0.05) is 23.5 Å². The van der Waals surface area contributed by atoms with E-state index in [1.807, 2.05) is 37.4 Å². The molecule has 9 nitrogen and oxygen atoms in total. The molecule has 1 saturated heterocycles. The minimum Gasteiger partial charge on any atom is -0.293 e. The molecule has 0 unspecified atom stereocenters. The van der Waals surface area contributed by atoms with Crippen LogP contribution in [0.25, 0.3) is 11.3 Å². The largest absolute Gasteiger partial charge is 0.330 e. The number of aromatic nitrogens is 3. The van der Waals surface area contributed by atoms with Crippen molar-refractivity contribution in [1.82, 2.24) is 14.8 Å². The van der Waals surface area contributed by atoms with Crippen LogP contribution in [0.2, 0.25) is 0 Å². The first-order chi connectivity index (χ1) is 14.7. The molecule has 2 aliphatic rings. The molecule has 1 saturated carbocycles. The number of primary sulfonamides is 1. The zero-order chi connectivity index (χ0) is 22.0. The van der Waals surface area contributed by atoms with Gasteiger partial charge in [0.25, 0.3) is 0 Å². The second-order valence-corrected chi connectivity index (χ2v) is 11.0. The van der Waals surface area contributed by atoms with E-state index in [4.69, 9.17) is 5.14 Å². The van der Waals surface area contributed by atoms with Crippen molar-refractivity contribution in [3.8, 4) is 11.3 Å². The molecular formula is C20H22N6O3S2. The highest BCUT2D eigenvalue weighted by Gasteiger charge is 2.52. The number of rotatable bonds is 4. The average molecular weight is 459 g/mol. The lowest BCUT2D eigenvalue weighted by Gasteiger charge is -2.39. The number of aryl methyl sites for hydroxylation is 2. The van der Waals surface area contributed by atoms with Crippen LogP contribution >= 0.6 is 11.3 Å². The summed E-state index contributed by atoms with van der Waals surface area (Å²) in [5, 5.41) is 9.88. The van der Waals surface area contributed by atoms with Crippen molar-refractivity contribution < 1.29 is 13.2 Å². The van der Waals surface area contributed by atoms with Crippen LogP contribution in [0.3, 0.4) is 0 Å². The molecule has 3 heterocycles. The summed E-state index contributed by atoms with van der Waals surface area (Å²) >= 11 is 0.949. The molecule has 0 atom stereocenters. The van der Waals surface area contributed by atoms with Crippen LogP contribution < -0.4 is 14.9 Å². The molecule has 2 aromatic heterocycles. The molecule has 31 heavy (non-hydrogen) atoms. The number of carbonyl (C=O) groups excluding carboxylic acids is 1. The first-order valence-corrected chi connectivity index (χ1v) is 12.2. The van der Waals surface area contributed by atoms with Crippen molar-refractivity contribution in [1.29, 1.82) is 0 Å². The molecule has 0 radical (unpaired) electrons. The summed E-state index contributed by atoms with van der Waals surface area (Å²) in [4.78, 5) is 21.1. The summed E-state index contributed by atoms with van der Waals surface area (Å²) in [5.74, 6) is 0. The SMILES string of the molecule is Cc1nc(N2CC3(CC3)CN(c3ccc(-c4ccnn4C)cc3)C2=O)sc1S(N)(=O)=O. The standard InChI is InChI=1S/C20H22N6O3S2/c1-13-17(31(21,28)29)30-18(23-13)26-12-20(8-9-20)11-25(19(26)27)15-5-3-14(4-6-15)16-7-10-22-24(16)2/h3-7,10H,8-9,11-12H2,1-2H3,(H2,21,28,29). The summed E-state index contributed by atoms with van der Waals surface area (Å²) in [6, 6.07) is 9.55. The number of hydrogen-bond acceptors (Lipinski definition) is 6. The van der Waals surface area contributed by atoms with E-state index >= 15 is 0 Å². The Bertz CT molecular complexity index is 1270. The summed E-state index contributed by atoms with van der Waals surface area (Å²) in [7, 11) is -1.99. The Morgan fingerprint density at radius 1 is 1.10 bits per heavy atom. The molecule has 11 heteroatoms. The highest BCUT2D eigenvalue weighted by atomic mass is 32.2. The maximum absolute atomic E-state index is 13.4. The quantitative estimate of drug-likeness (QED) is 0.646. The number of hydrogen-bond donors (Lipinski definition) is 1. The second-order valence-electron chi connectivity index (χ2n) is 8.26. The minimum absolute atomic E-state index is 0.00204. The van der Waals surface area contributed by atoms with Gasteiger partial charge in [0.2, 0.25) is 10.0 Å². The number of sulfonamides is 1. The fourth-order valence-electron chi connectivity index (χ4n) is 4.06. The Morgan fingerprint density at radius 3 is 2.32 bits per heavy atom. The van der Waals surface area contributed by atoms with Crippen molar-refractivity contribution in [2.45, 2.75) is 24.0 Å². The van der Waals surface area contributed by atoms with E-state index in [0.717, 1.165) is 41.1 Å². The maximum Gasteiger partial charge on any atom is 0.330 e. The van der Waals surface area contributed by atoms with E-state index in [0.29, 0.717) is 23.9 Å². The van der Waals surface area contributed by atoms with Gasteiger partial charge in [0, 0.05) is 37.4 Å². The van der Waals surface area contributed by atoms with Crippen LogP contribution in [-0.4, -0.2) is 42.3 Å². The van der Waals surface area contributed by atoms with Crippen LogP contribution in [0.15, 0.2) is 40.7 Å². The number of benzene rings is 1. The van der Waals surface area contributed by atoms with E-state index in [2.05, 4.69) is 10.1 Å². The Labute approximate surface area is 184 Å². The Balaban J connectivity index is 1.48. The average Bonchev–Trinajstić information content (AvgIpc) is 3.12. The van der Waals surface area contributed by atoms with Crippen LogP contribution in [0.5, 0.6) is 0 Å². The zero-order valence-corrected chi connectivity index (χ0v) is 18.8. The van der Waals surface area contributed by atoms with Gasteiger partial charge in [-0.2, -0.15) is 5.10 Å². The lowest BCUT2D eigenvalue weighted by atomic mass is 10.0. The fourth-order valence-corrected chi connectivity index (χ4v) is 6.00. The molecule has 2 amide bonds. The van der Waals surface area contributed by atoms with E-state index in [1.165, 1.54) is 0 Å². The molecular weight excluding hydrogens is 436 g/mol. The number of carbonyl (C=O) groups is 1. The van der Waals surface area contributed by atoms with Gasteiger partial charge < -0.3 is 0 Å². The zero-order valence-electron chi connectivity index (χ0n) is 17.1. The van der Waals surface area contributed by atoms with E-state index in [1.54, 1.807) is 27.6 Å². The predicted molar refractivity (Wildman–Crippen MR) is 119 cm³/mol. The van der Waals surface area contributed by atoms with Crippen LogP contribution in [0.1, 0.15) is 18.5 Å².